The van der Waals surface area contributed by atoms with Crippen LogP contribution < -0.4 is 9.47 Å². The minimum Gasteiger partial charge on any atom is -0.495 e. The molecule has 1 aromatic carbocycles. The van der Waals surface area contributed by atoms with Crippen molar-refractivity contribution >= 4 is 15.8 Å². The number of carboxylic acid groups (broad SMARTS) is 1. The van der Waals surface area contributed by atoms with Crippen molar-refractivity contribution in [2.75, 3.05) is 20.5 Å². The van der Waals surface area contributed by atoms with E-state index in [1.54, 1.807) is 0 Å². The maximum atomic E-state index is 11.7. The van der Waals surface area contributed by atoms with Crippen LogP contribution in [-0.4, -0.2) is 40.0 Å². The van der Waals surface area contributed by atoms with Crippen molar-refractivity contribution in [1.82, 2.24) is 0 Å². The topological polar surface area (TPSA) is 89.9 Å². The number of rotatable bonds is 5. The van der Waals surface area contributed by atoms with Crippen molar-refractivity contribution in [3.63, 3.8) is 0 Å². The summed E-state index contributed by atoms with van der Waals surface area (Å²) in [6, 6.07) is 2.80. The van der Waals surface area contributed by atoms with Crippen LogP contribution in [0.4, 0.5) is 0 Å². The lowest BCUT2D eigenvalue weighted by atomic mass is 10.0. The lowest BCUT2D eigenvalue weighted by molar-refractivity contribution is -0.138. The molecule has 1 rings (SSSR count). The van der Waals surface area contributed by atoms with Crippen LogP contribution >= 0.6 is 0 Å². The van der Waals surface area contributed by atoms with Crippen LogP contribution in [-0.2, 0) is 14.6 Å². The smallest absolute Gasteiger partial charge is 0.310 e. The van der Waals surface area contributed by atoms with Gasteiger partial charge in [0.1, 0.15) is 11.5 Å². The van der Waals surface area contributed by atoms with Crippen molar-refractivity contribution in [3.05, 3.63) is 17.7 Å². The monoisotopic (exact) mass is 288 g/mol. The van der Waals surface area contributed by atoms with Crippen LogP contribution in [0, 0.1) is 0 Å². The average molecular weight is 288 g/mol. The Balaban J connectivity index is 3.58. The van der Waals surface area contributed by atoms with E-state index in [0.29, 0.717) is 5.56 Å². The SMILES string of the molecule is COc1cc(C(C)C(=O)O)cc(OC)c1S(C)(=O)=O. The molecule has 0 fully saturated rings. The molecule has 0 aliphatic carbocycles. The normalized spacial score (nSPS) is 12.8. The van der Waals surface area contributed by atoms with E-state index >= 15 is 0 Å². The van der Waals surface area contributed by atoms with Gasteiger partial charge in [0.2, 0.25) is 0 Å². The van der Waals surface area contributed by atoms with Crippen LogP contribution in [0.2, 0.25) is 0 Å². The zero-order valence-corrected chi connectivity index (χ0v) is 11.9. The van der Waals surface area contributed by atoms with Crippen LogP contribution in [0.15, 0.2) is 17.0 Å². The summed E-state index contributed by atoms with van der Waals surface area (Å²) in [5.41, 5.74) is 0.411. The molecule has 106 valence electrons. The highest BCUT2D eigenvalue weighted by molar-refractivity contribution is 7.91. The van der Waals surface area contributed by atoms with Crippen LogP contribution in [0.25, 0.3) is 0 Å². The summed E-state index contributed by atoms with van der Waals surface area (Å²) in [7, 11) is -0.912. The Morgan fingerprint density at radius 1 is 1.21 bits per heavy atom. The minimum absolute atomic E-state index is 0.0740. The van der Waals surface area contributed by atoms with Gasteiger partial charge in [-0.25, -0.2) is 8.42 Å². The predicted molar refractivity (Wildman–Crippen MR) is 68.7 cm³/mol. The second kappa shape index (κ2) is 5.48. The Kier molecular flexibility index (Phi) is 4.41. The molecule has 0 amide bonds. The number of sulfone groups is 1. The maximum Gasteiger partial charge on any atom is 0.310 e. The number of carbonyl (C=O) groups is 1. The molecular formula is C12H16O6S. The first-order valence-corrected chi connectivity index (χ1v) is 7.30. The molecule has 1 atom stereocenters. The van der Waals surface area contributed by atoms with E-state index in [2.05, 4.69) is 0 Å². The molecule has 1 unspecified atom stereocenters. The predicted octanol–water partition coefficient (Wildman–Crippen LogP) is 1.30. The largest absolute Gasteiger partial charge is 0.495 e. The van der Waals surface area contributed by atoms with Crippen LogP contribution in [0.3, 0.4) is 0 Å². The second-order valence-corrected chi connectivity index (χ2v) is 6.04. The summed E-state index contributed by atoms with van der Waals surface area (Å²) in [6.45, 7) is 1.50. The average Bonchev–Trinajstić information content (AvgIpc) is 2.34. The molecule has 0 aliphatic rings. The molecular weight excluding hydrogens is 272 g/mol. The molecule has 1 N–H and O–H groups in total. The fourth-order valence-electron chi connectivity index (χ4n) is 1.66. The zero-order chi connectivity index (χ0) is 14.8. The Morgan fingerprint density at radius 3 is 1.89 bits per heavy atom. The summed E-state index contributed by atoms with van der Waals surface area (Å²) < 4.78 is 33.5. The molecule has 0 aliphatic heterocycles. The molecule has 0 spiro atoms. The molecule has 0 radical (unpaired) electrons. The Labute approximate surface area is 111 Å². The number of methoxy groups -OCH3 is 2. The number of benzene rings is 1. The van der Waals surface area contributed by atoms with Gasteiger partial charge in [-0.3, -0.25) is 4.79 Å². The third kappa shape index (κ3) is 3.17. The van der Waals surface area contributed by atoms with Crippen molar-refractivity contribution in [1.29, 1.82) is 0 Å². The first-order valence-electron chi connectivity index (χ1n) is 5.41. The van der Waals surface area contributed by atoms with Gasteiger partial charge in [-0.05, 0) is 24.6 Å². The molecule has 0 saturated carbocycles. The van der Waals surface area contributed by atoms with Gasteiger partial charge in [-0.1, -0.05) is 0 Å². The molecule has 0 aromatic heterocycles. The summed E-state index contributed by atoms with van der Waals surface area (Å²) >= 11 is 0. The Morgan fingerprint density at radius 2 is 1.63 bits per heavy atom. The standard InChI is InChI=1S/C12H16O6S/c1-7(12(13)14)8-5-9(17-2)11(19(4,15)16)10(6-8)18-3/h5-7H,1-4H3,(H,13,14). The number of hydrogen-bond acceptors (Lipinski definition) is 5. The van der Waals surface area contributed by atoms with Crippen molar-refractivity contribution in [3.8, 4) is 11.5 Å². The molecule has 1 aromatic rings. The van der Waals surface area contributed by atoms with Gasteiger partial charge in [-0.15, -0.1) is 0 Å². The highest BCUT2D eigenvalue weighted by Gasteiger charge is 2.24. The lowest BCUT2D eigenvalue weighted by Gasteiger charge is -2.15. The van der Waals surface area contributed by atoms with E-state index in [1.165, 1.54) is 33.3 Å². The number of aliphatic carboxylic acids is 1. The molecule has 0 heterocycles. The van der Waals surface area contributed by atoms with Crippen molar-refractivity contribution in [2.24, 2.45) is 0 Å². The van der Waals surface area contributed by atoms with Gasteiger partial charge in [0.25, 0.3) is 0 Å². The number of carboxylic acids is 1. The number of hydrogen-bond donors (Lipinski definition) is 1. The van der Waals surface area contributed by atoms with Gasteiger partial charge >= 0.3 is 5.97 Å². The van der Waals surface area contributed by atoms with Gasteiger partial charge in [-0.2, -0.15) is 0 Å². The van der Waals surface area contributed by atoms with E-state index in [4.69, 9.17) is 14.6 Å². The quantitative estimate of drug-likeness (QED) is 0.878. The fourth-order valence-corrected chi connectivity index (χ4v) is 2.67. The molecule has 7 heteroatoms. The van der Waals surface area contributed by atoms with E-state index in [0.717, 1.165) is 6.26 Å². The lowest BCUT2D eigenvalue weighted by Crippen LogP contribution is -2.10. The van der Waals surface area contributed by atoms with E-state index in [9.17, 15) is 13.2 Å². The fraction of sp³-hybridized carbons (Fsp3) is 0.417. The van der Waals surface area contributed by atoms with E-state index < -0.39 is 21.7 Å². The first kappa shape index (κ1) is 15.3. The van der Waals surface area contributed by atoms with E-state index in [-0.39, 0.29) is 16.4 Å². The highest BCUT2D eigenvalue weighted by Crippen LogP contribution is 2.36. The van der Waals surface area contributed by atoms with Crippen molar-refractivity contribution in [2.45, 2.75) is 17.7 Å². The Hall–Kier alpha value is -1.76. The highest BCUT2D eigenvalue weighted by atomic mass is 32.2. The summed E-state index contributed by atoms with van der Waals surface area (Å²) in [5, 5.41) is 8.99. The molecule has 19 heavy (non-hydrogen) atoms. The summed E-state index contributed by atoms with van der Waals surface area (Å²) in [5.74, 6) is -1.66. The number of ether oxygens (including phenoxy) is 2. The van der Waals surface area contributed by atoms with Crippen LogP contribution in [0.5, 0.6) is 11.5 Å². The van der Waals surface area contributed by atoms with Gasteiger partial charge in [0.05, 0.1) is 20.1 Å². The van der Waals surface area contributed by atoms with Gasteiger partial charge in [0.15, 0.2) is 14.7 Å². The third-order valence-electron chi connectivity index (χ3n) is 2.72. The summed E-state index contributed by atoms with van der Waals surface area (Å²) in [6.07, 6.45) is 1.04. The third-order valence-corrected chi connectivity index (χ3v) is 3.87. The maximum absolute atomic E-state index is 11.7. The summed E-state index contributed by atoms with van der Waals surface area (Å²) in [4.78, 5) is 10.9. The van der Waals surface area contributed by atoms with Gasteiger partial charge in [0, 0.05) is 6.26 Å². The molecule has 0 bridgehead atoms. The van der Waals surface area contributed by atoms with Crippen molar-refractivity contribution < 1.29 is 27.8 Å². The molecule has 0 saturated heterocycles. The second-order valence-electron chi connectivity index (χ2n) is 4.09. The zero-order valence-electron chi connectivity index (χ0n) is 11.1. The Bertz CT molecular complexity index is 565. The molecule has 6 nitrogen and oxygen atoms in total. The van der Waals surface area contributed by atoms with Gasteiger partial charge < -0.3 is 14.6 Å². The first-order chi connectivity index (χ1) is 8.72. The minimum atomic E-state index is -3.55. The van der Waals surface area contributed by atoms with E-state index in [1.807, 2.05) is 0 Å². The van der Waals surface area contributed by atoms with Crippen LogP contribution in [0.1, 0.15) is 18.4 Å².